The summed E-state index contributed by atoms with van der Waals surface area (Å²) in [5.74, 6) is -4.48. The first kappa shape index (κ1) is 21.2. The summed E-state index contributed by atoms with van der Waals surface area (Å²) in [6.07, 6.45) is 0.598. The van der Waals surface area contributed by atoms with Crippen LogP contribution in [0.4, 0.5) is 17.6 Å². The quantitative estimate of drug-likeness (QED) is 0.766. The van der Waals surface area contributed by atoms with E-state index in [4.69, 9.17) is 0 Å². The van der Waals surface area contributed by atoms with Crippen LogP contribution in [0.2, 0.25) is 0 Å². The molecule has 1 aliphatic heterocycles. The zero-order chi connectivity index (χ0) is 18.8. The summed E-state index contributed by atoms with van der Waals surface area (Å²) in [5.41, 5.74) is 0.473. The van der Waals surface area contributed by atoms with Crippen LogP contribution in [-0.2, 0) is 0 Å². The van der Waals surface area contributed by atoms with Crippen molar-refractivity contribution in [2.24, 2.45) is 0 Å². The number of aryl methyl sites for hydroxylation is 1. The molecule has 8 heteroatoms. The number of carbonyl (C=O) groups excluding carboxylic acids is 1. The SMILES string of the molecule is Cc1cc(C(=O)NC2CNCCC2c2ccc(F)c(F)c2)c(F)cc1F.Cl. The van der Waals surface area contributed by atoms with E-state index in [1.807, 2.05) is 0 Å². The average Bonchev–Trinajstić information content (AvgIpc) is 2.61. The summed E-state index contributed by atoms with van der Waals surface area (Å²) in [5, 5.41) is 5.84. The molecule has 1 heterocycles. The molecule has 0 saturated carbocycles. The van der Waals surface area contributed by atoms with E-state index in [-0.39, 0.29) is 29.5 Å². The molecule has 1 fully saturated rings. The van der Waals surface area contributed by atoms with Gasteiger partial charge in [0.2, 0.25) is 0 Å². The van der Waals surface area contributed by atoms with Gasteiger partial charge in [-0.15, -0.1) is 12.4 Å². The Morgan fingerprint density at radius 1 is 1.04 bits per heavy atom. The van der Waals surface area contributed by atoms with Gasteiger partial charge in [0.05, 0.1) is 5.56 Å². The second kappa shape index (κ2) is 8.71. The molecule has 1 amide bonds. The first-order valence-electron chi connectivity index (χ1n) is 8.29. The van der Waals surface area contributed by atoms with Crippen molar-refractivity contribution in [3.63, 3.8) is 0 Å². The van der Waals surface area contributed by atoms with E-state index in [2.05, 4.69) is 10.6 Å². The fourth-order valence-corrected chi connectivity index (χ4v) is 3.23. The van der Waals surface area contributed by atoms with Gasteiger partial charge in [-0.05, 0) is 49.2 Å². The molecule has 146 valence electrons. The maximum absolute atomic E-state index is 13.9. The third-order valence-electron chi connectivity index (χ3n) is 4.66. The number of nitrogens with one attached hydrogen (secondary N) is 2. The first-order valence-corrected chi connectivity index (χ1v) is 8.29. The van der Waals surface area contributed by atoms with Gasteiger partial charge < -0.3 is 10.6 Å². The fourth-order valence-electron chi connectivity index (χ4n) is 3.23. The standard InChI is InChI=1S/C19H18F4N2O.ClH/c1-10-6-13(16(22)8-15(10)21)19(26)25-18-9-24-5-4-12(18)11-2-3-14(20)17(23)7-11;/h2-3,6-8,12,18,24H,4-5,9H2,1H3,(H,25,26);1H. The number of hydrogen-bond acceptors (Lipinski definition) is 2. The van der Waals surface area contributed by atoms with Crippen molar-refractivity contribution in [1.82, 2.24) is 10.6 Å². The number of rotatable bonds is 3. The van der Waals surface area contributed by atoms with E-state index in [9.17, 15) is 22.4 Å². The van der Waals surface area contributed by atoms with Gasteiger partial charge in [0.25, 0.3) is 5.91 Å². The van der Waals surface area contributed by atoms with Gasteiger partial charge in [0.15, 0.2) is 11.6 Å². The van der Waals surface area contributed by atoms with Crippen molar-refractivity contribution in [2.75, 3.05) is 13.1 Å². The average molecular weight is 403 g/mol. The summed E-state index contributed by atoms with van der Waals surface area (Å²) < 4.78 is 54.1. The largest absolute Gasteiger partial charge is 0.347 e. The van der Waals surface area contributed by atoms with Crippen LogP contribution in [0, 0.1) is 30.2 Å². The highest BCUT2D eigenvalue weighted by molar-refractivity contribution is 5.95. The maximum Gasteiger partial charge on any atom is 0.254 e. The van der Waals surface area contributed by atoms with Gasteiger partial charge in [-0.25, -0.2) is 17.6 Å². The molecule has 27 heavy (non-hydrogen) atoms. The lowest BCUT2D eigenvalue weighted by Gasteiger charge is -2.33. The van der Waals surface area contributed by atoms with Crippen LogP contribution < -0.4 is 10.6 Å². The second-order valence-electron chi connectivity index (χ2n) is 6.43. The van der Waals surface area contributed by atoms with Gasteiger partial charge in [-0.1, -0.05) is 6.07 Å². The number of halogens is 5. The predicted octanol–water partition coefficient (Wildman–Crippen LogP) is 3.85. The predicted molar refractivity (Wildman–Crippen MR) is 96.2 cm³/mol. The molecule has 0 spiro atoms. The minimum Gasteiger partial charge on any atom is -0.347 e. The van der Waals surface area contributed by atoms with Crippen molar-refractivity contribution >= 4 is 18.3 Å². The normalized spacial score (nSPS) is 19.3. The number of piperidine rings is 1. The molecular weight excluding hydrogens is 384 g/mol. The molecule has 3 rings (SSSR count). The molecule has 0 radical (unpaired) electrons. The zero-order valence-corrected chi connectivity index (χ0v) is 15.3. The van der Waals surface area contributed by atoms with Crippen LogP contribution in [0.3, 0.4) is 0 Å². The van der Waals surface area contributed by atoms with Crippen molar-refractivity contribution in [3.05, 3.63) is 70.3 Å². The zero-order valence-electron chi connectivity index (χ0n) is 14.5. The highest BCUT2D eigenvalue weighted by Crippen LogP contribution is 2.27. The van der Waals surface area contributed by atoms with Crippen molar-refractivity contribution in [2.45, 2.75) is 25.3 Å². The molecule has 1 aliphatic rings. The number of carbonyl (C=O) groups is 1. The summed E-state index contributed by atoms with van der Waals surface area (Å²) in [6, 6.07) is 5.04. The van der Waals surface area contributed by atoms with Gasteiger partial charge in [-0.2, -0.15) is 0 Å². The molecule has 0 bridgehead atoms. The van der Waals surface area contributed by atoms with Crippen molar-refractivity contribution in [3.8, 4) is 0 Å². The van der Waals surface area contributed by atoms with Crippen LogP contribution in [-0.4, -0.2) is 25.0 Å². The Morgan fingerprint density at radius 3 is 2.48 bits per heavy atom. The van der Waals surface area contributed by atoms with E-state index in [0.717, 1.165) is 18.2 Å². The van der Waals surface area contributed by atoms with Gasteiger partial charge >= 0.3 is 0 Å². The third-order valence-corrected chi connectivity index (χ3v) is 4.66. The summed E-state index contributed by atoms with van der Waals surface area (Å²) in [7, 11) is 0. The van der Waals surface area contributed by atoms with Gasteiger partial charge in [-0.3, -0.25) is 4.79 Å². The highest BCUT2D eigenvalue weighted by atomic mass is 35.5. The van der Waals surface area contributed by atoms with Crippen LogP contribution >= 0.6 is 12.4 Å². The fraction of sp³-hybridized carbons (Fsp3) is 0.316. The molecular formula is C19H19ClF4N2O. The lowest BCUT2D eigenvalue weighted by molar-refractivity contribution is 0.0920. The van der Waals surface area contributed by atoms with Crippen molar-refractivity contribution in [1.29, 1.82) is 0 Å². The molecule has 0 aliphatic carbocycles. The molecule has 2 aromatic carbocycles. The number of benzene rings is 2. The Morgan fingerprint density at radius 2 is 1.78 bits per heavy atom. The summed E-state index contributed by atoms with van der Waals surface area (Å²) in [6.45, 7) is 2.50. The topological polar surface area (TPSA) is 41.1 Å². The van der Waals surface area contributed by atoms with Crippen LogP contribution in [0.5, 0.6) is 0 Å². The van der Waals surface area contributed by atoms with E-state index in [1.165, 1.54) is 13.0 Å². The monoisotopic (exact) mass is 402 g/mol. The van der Waals surface area contributed by atoms with Crippen LogP contribution in [0.15, 0.2) is 30.3 Å². The number of amides is 1. The Balaban J connectivity index is 0.00000261. The Bertz CT molecular complexity index is 847. The molecule has 3 nitrogen and oxygen atoms in total. The smallest absolute Gasteiger partial charge is 0.254 e. The Hall–Kier alpha value is -2.12. The van der Waals surface area contributed by atoms with Gasteiger partial charge in [0.1, 0.15) is 11.6 Å². The molecule has 0 aromatic heterocycles. The van der Waals surface area contributed by atoms with Gasteiger partial charge in [0, 0.05) is 24.6 Å². The Kier molecular flexibility index (Phi) is 6.84. The molecule has 2 N–H and O–H groups in total. The minimum absolute atomic E-state index is 0. The lowest BCUT2D eigenvalue weighted by Crippen LogP contribution is -2.50. The van der Waals surface area contributed by atoms with E-state index < -0.39 is 35.2 Å². The lowest BCUT2D eigenvalue weighted by atomic mass is 9.85. The molecule has 1 saturated heterocycles. The van der Waals surface area contributed by atoms with E-state index in [1.54, 1.807) is 0 Å². The van der Waals surface area contributed by atoms with E-state index >= 15 is 0 Å². The summed E-state index contributed by atoms with van der Waals surface area (Å²) >= 11 is 0. The summed E-state index contributed by atoms with van der Waals surface area (Å²) in [4.78, 5) is 12.5. The first-order chi connectivity index (χ1) is 12.4. The molecule has 2 aromatic rings. The van der Waals surface area contributed by atoms with Crippen LogP contribution in [0.25, 0.3) is 0 Å². The third kappa shape index (κ3) is 4.59. The minimum atomic E-state index is -0.952. The van der Waals surface area contributed by atoms with Crippen molar-refractivity contribution < 1.29 is 22.4 Å². The second-order valence-corrected chi connectivity index (χ2v) is 6.43. The highest BCUT2D eigenvalue weighted by Gasteiger charge is 2.29. The van der Waals surface area contributed by atoms with Crippen LogP contribution in [0.1, 0.15) is 33.8 Å². The molecule has 2 atom stereocenters. The molecule has 2 unspecified atom stereocenters. The maximum atomic E-state index is 13.9. The number of hydrogen-bond donors (Lipinski definition) is 2. The van der Waals surface area contributed by atoms with E-state index in [0.29, 0.717) is 31.1 Å². The Labute approximate surface area is 160 Å².